The molecular formula is C31H31ClF3N5O3. The highest BCUT2D eigenvalue weighted by molar-refractivity contribution is 6.35. The predicted octanol–water partition coefficient (Wildman–Crippen LogP) is 5.72. The summed E-state index contributed by atoms with van der Waals surface area (Å²) in [7, 11) is 0. The van der Waals surface area contributed by atoms with Crippen molar-refractivity contribution in [2.75, 3.05) is 19.7 Å². The first-order valence-corrected chi connectivity index (χ1v) is 14.7. The number of piperidine rings is 1. The first kappa shape index (κ1) is 29.3. The van der Waals surface area contributed by atoms with Crippen LogP contribution in [0.2, 0.25) is 5.02 Å². The van der Waals surface area contributed by atoms with E-state index < -0.39 is 30.9 Å². The van der Waals surface area contributed by atoms with Crippen LogP contribution in [0.3, 0.4) is 0 Å². The molecule has 3 aliphatic rings. The van der Waals surface area contributed by atoms with Gasteiger partial charge in [0.2, 0.25) is 0 Å². The topological polar surface area (TPSA) is 83.7 Å². The summed E-state index contributed by atoms with van der Waals surface area (Å²) in [5.41, 5.74) is 1.45. The summed E-state index contributed by atoms with van der Waals surface area (Å²) in [5.74, 6) is 5.77. The molecule has 1 aromatic heterocycles. The van der Waals surface area contributed by atoms with E-state index in [0.717, 1.165) is 18.4 Å². The van der Waals surface area contributed by atoms with Crippen molar-refractivity contribution in [1.29, 1.82) is 0 Å². The smallest absolute Gasteiger partial charge is 0.331 e. The average molecular weight is 614 g/mol. The molecule has 1 saturated carbocycles. The van der Waals surface area contributed by atoms with E-state index >= 15 is 4.39 Å². The molecule has 0 radical (unpaired) electrons. The van der Waals surface area contributed by atoms with Crippen LogP contribution >= 0.6 is 11.6 Å². The molecule has 12 heteroatoms. The minimum Gasteiger partial charge on any atom is -0.507 e. The molecule has 4 atom stereocenters. The second kappa shape index (κ2) is 11.7. The van der Waals surface area contributed by atoms with Crippen LogP contribution in [0.15, 0.2) is 30.6 Å². The number of carbonyl (C=O) groups is 1. The third kappa shape index (κ3) is 5.21. The second-order valence-electron chi connectivity index (χ2n) is 11.3. The first-order chi connectivity index (χ1) is 20.7. The van der Waals surface area contributed by atoms with E-state index in [4.69, 9.17) is 16.3 Å². The fourth-order valence-corrected chi connectivity index (χ4v) is 7.42. The maximum Gasteiger partial charge on any atom is 0.331 e. The molecule has 1 aliphatic carbocycles. The van der Waals surface area contributed by atoms with Gasteiger partial charge in [-0.2, -0.15) is 0 Å². The number of ether oxygens (including phenoxy) is 1. The number of amides is 1. The summed E-state index contributed by atoms with van der Waals surface area (Å²) in [5, 5.41) is 18.4. The minimum absolute atomic E-state index is 0.0215. The van der Waals surface area contributed by atoms with E-state index in [-0.39, 0.29) is 46.4 Å². The summed E-state index contributed by atoms with van der Waals surface area (Å²) in [6, 6.07) is 4.73. The predicted molar refractivity (Wildman–Crippen MR) is 154 cm³/mol. The van der Waals surface area contributed by atoms with Gasteiger partial charge in [-0.25, -0.2) is 22.5 Å². The molecular weight excluding hydrogens is 583 g/mol. The van der Waals surface area contributed by atoms with Crippen molar-refractivity contribution < 1.29 is 27.8 Å². The molecule has 1 saturated heterocycles. The highest BCUT2D eigenvalue weighted by atomic mass is 35.5. The summed E-state index contributed by atoms with van der Waals surface area (Å²) < 4.78 is 50.4. The lowest BCUT2D eigenvalue weighted by atomic mass is 9.84. The summed E-state index contributed by atoms with van der Waals surface area (Å²) in [4.78, 5) is 17.1. The van der Waals surface area contributed by atoms with Crippen molar-refractivity contribution in [3.8, 4) is 34.5 Å². The number of halogens is 4. The molecule has 2 aliphatic heterocycles. The third-order valence-corrected chi connectivity index (χ3v) is 9.16. The van der Waals surface area contributed by atoms with Crippen LogP contribution in [0.5, 0.6) is 11.5 Å². The monoisotopic (exact) mass is 613 g/mol. The third-order valence-electron chi connectivity index (χ3n) is 8.80. The SMILES string of the molecule is CCC#Cc1cc2c(c(Cl)c1-c1c(O)cccc1F)OCC1C3CCC(CN1C2)C3N(CC(F)F)C(=O)n1cnnc1C. The van der Waals surface area contributed by atoms with Crippen molar-refractivity contribution in [3.05, 3.63) is 58.4 Å². The number of fused-ring (bicyclic) bond motifs is 5. The van der Waals surface area contributed by atoms with E-state index in [1.807, 2.05) is 13.0 Å². The van der Waals surface area contributed by atoms with Crippen LogP contribution in [0.1, 0.15) is 43.1 Å². The van der Waals surface area contributed by atoms with Crippen molar-refractivity contribution in [2.45, 2.75) is 58.2 Å². The lowest BCUT2D eigenvalue weighted by molar-refractivity contribution is -0.0135. The molecule has 2 bridgehead atoms. The van der Waals surface area contributed by atoms with E-state index in [1.165, 1.54) is 34.0 Å². The Morgan fingerprint density at radius 2 is 2.12 bits per heavy atom. The molecule has 1 N–H and O–H groups in total. The first-order valence-electron chi connectivity index (χ1n) is 14.3. The number of hydrogen-bond donors (Lipinski definition) is 1. The Labute approximate surface area is 252 Å². The fourth-order valence-electron chi connectivity index (χ4n) is 7.05. The Bertz CT molecular complexity index is 1600. The molecule has 8 nitrogen and oxygen atoms in total. The van der Waals surface area contributed by atoms with Gasteiger partial charge in [0.25, 0.3) is 6.43 Å². The molecule has 2 fully saturated rings. The number of aromatic nitrogens is 3. The van der Waals surface area contributed by atoms with Gasteiger partial charge in [0.15, 0.2) is 0 Å². The second-order valence-corrected chi connectivity index (χ2v) is 11.6. The van der Waals surface area contributed by atoms with Crippen LogP contribution in [0, 0.1) is 36.4 Å². The van der Waals surface area contributed by atoms with Gasteiger partial charge in [0.1, 0.15) is 36.1 Å². The van der Waals surface area contributed by atoms with E-state index in [0.29, 0.717) is 36.6 Å². The number of phenols is 1. The highest BCUT2D eigenvalue weighted by Crippen LogP contribution is 2.49. The zero-order valence-electron chi connectivity index (χ0n) is 23.7. The van der Waals surface area contributed by atoms with Gasteiger partial charge in [-0.3, -0.25) is 4.90 Å². The van der Waals surface area contributed by atoms with Crippen LogP contribution in [0.25, 0.3) is 11.1 Å². The number of alkyl halides is 2. The van der Waals surface area contributed by atoms with Crippen LogP contribution in [-0.2, 0) is 6.54 Å². The molecule has 43 heavy (non-hydrogen) atoms. The Kier molecular flexibility index (Phi) is 8.00. The quantitative estimate of drug-likeness (QED) is 0.379. The highest BCUT2D eigenvalue weighted by Gasteiger charge is 2.52. The van der Waals surface area contributed by atoms with E-state index in [9.17, 15) is 18.7 Å². The van der Waals surface area contributed by atoms with Gasteiger partial charge >= 0.3 is 6.03 Å². The number of nitrogens with zero attached hydrogens (tertiary/aromatic N) is 5. The van der Waals surface area contributed by atoms with Gasteiger partial charge in [-0.15, -0.1) is 10.2 Å². The minimum atomic E-state index is -2.71. The molecule has 4 unspecified atom stereocenters. The van der Waals surface area contributed by atoms with Crippen molar-refractivity contribution in [1.82, 2.24) is 24.6 Å². The maximum atomic E-state index is 15.1. The lowest BCUT2D eigenvalue weighted by Crippen LogP contribution is -2.60. The normalized spacial score (nSPS) is 22.7. The maximum absolute atomic E-state index is 15.1. The van der Waals surface area contributed by atoms with Gasteiger partial charge in [-0.05, 0) is 49.8 Å². The summed E-state index contributed by atoms with van der Waals surface area (Å²) >= 11 is 6.95. The Morgan fingerprint density at radius 3 is 2.81 bits per heavy atom. The Balaban J connectivity index is 1.37. The number of rotatable bonds is 4. The summed E-state index contributed by atoms with van der Waals surface area (Å²) in [6.45, 7) is 4.05. The molecule has 0 spiro atoms. The number of benzene rings is 2. The Morgan fingerprint density at radius 1 is 1.30 bits per heavy atom. The van der Waals surface area contributed by atoms with Gasteiger partial charge in [0.05, 0.1) is 17.1 Å². The number of aryl methyl sites for hydroxylation is 1. The largest absolute Gasteiger partial charge is 0.507 e. The van der Waals surface area contributed by atoms with Gasteiger partial charge < -0.3 is 14.7 Å². The van der Waals surface area contributed by atoms with E-state index in [1.54, 1.807) is 6.92 Å². The number of carbonyl (C=O) groups excluding carboxylic acids is 1. The number of phenolic OH excluding ortho intramolecular Hbond substituents is 1. The standard InChI is InChI=1S/C31H31ClF3N5O3/c1-3-4-6-18-11-20-13-38-12-19-9-10-21(29(19)39(14-25(34)35)31(42)40-16-36-37-17(40)2)23(38)15-43-30(20)28(32)26(18)27-22(33)7-5-8-24(27)41/h5,7-8,11,16,19,21,23,25,29,41H,3,9-10,12-15H2,1-2H3. The zero-order valence-corrected chi connectivity index (χ0v) is 24.5. The molecule has 2 aromatic carbocycles. The van der Waals surface area contributed by atoms with Crippen molar-refractivity contribution in [3.63, 3.8) is 0 Å². The molecule has 1 amide bonds. The van der Waals surface area contributed by atoms with Crippen molar-refractivity contribution >= 4 is 17.6 Å². The van der Waals surface area contributed by atoms with E-state index in [2.05, 4.69) is 26.9 Å². The van der Waals surface area contributed by atoms with Crippen molar-refractivity contribution in [2.24, 2.45) is 11.8 Å². The number of aromatic hydroxyl groups is 1. The molecule has 3 aromatic rings. The van der Waals surface area contributed by atoms with Crippen LogP contribution in [-0.4, -0.2) is 73.9 Å². The Hall–Kier alpha value is -3.75. The average Bonchev–Trinajstić information content (AvgIpc) is 3.47. The summed E-state index contributed by atoms with van der Waals surface area (Å²) in [6.07, 6.45) is 0.657. The lowest BCUT2D eigenvalue weighted by Gasteiger charge is -2.47. The fraction of sp³-hybridized carbons (Fsp3) is 0.452. The number of hydrogen-bond acceptors (Lipinski definition) is 6. The zero-order chi connectivity index (χ0) is 30.4. The molecule has 3 heterocycles. The molecule has 6 rings (SSSR count). The van der Waals surface area contributed by atoms with Gasteiger partial charge in [-0.1, -0.05) is 36.4 Å². The van der Waals surface area contributed by atoms with Crippen LogP contribution < -0.4 is 4.74 Å². The van der Waals surface area contributed by atoms with Gasteiger partial charge in [0, 0.05) is 48.3 Å². The molecule has 226 valence electrons. The van der Waals surface area contributed by atoms with Crippen LogP contribution in [0.4, 0.5) is 18.0 Å².